The number of ether oxygens (including phenoxy) is 1. The van der Waals surface area contributed by atoms with Crippen LogP contribution in [0.25, 0.3) is 0 Å². The SMILES string of the molecule is COC(=O)CC1Cc2ccccc2C1N=O. The minimum Gasteiger partial charge on any atom is -0.469 e. The number of benzene rings is 1. The summed E-state index contributed by atoms with van der Waals surface area (Å²) in [6.45, 7) is 0. The molecular formula is C12H13NO3. The average Bonchev–Trinajstić information content (AvgIpc) is 2.65. The number of methoxy groups -OCH3 is 1. The van der Waals surface area contributed by atoms with Crippen LogP contribution in [0.4, 0.5) is 0 Å². The van der Waals surface area contributed by atoms with E-state index < -0.39 is 6.04 Å². The first-order valence-electron chi connectivity index (χ1n) is 5.23. The molecule has 0 saturated carbocycles. The molecular weight excluding hydrogens is 206 g/mol. The molecule has 0 aromatic heterocycles. The molecule has 0 amide bonds. The highest BCUT2D eigenvalue weighted by Gasteiger charge is 2.34. The van der Waals surface area contributed by atoms with E-state index in [9.17, 15) is 9.70 Å². The molecule has 1 aliphatic carbocycles. The number of carbonyl (C=O) groups excluding carboxylic acids is 1. The van der Waals surface area contributed by atoms with Gasteiger partial charge in [0.2, 0.25) is 0 Å². The summed E-state index contributed by atoms with van der Waals surface area (Å²) in [5, 5.41) is 3.14. The number of nitroso groups, excluding NO2 is 1. The summed E-state index contributed by atoms with van der Waals surface area (Å²) in [6, 6.07) is 7.29. The molecule has 0 bridgehead atoms. The third-order valence-corrected chi connectivity index (χ3v) is 3.07. The molecule has 1 aromatic rings. The number of fused-ring (bicyclic) bond motifs is 1. The minimum atomic E-state index is -0.407. The lowest BCUT2D eigenvalue weighted by molar-refractivity contribution is -0.141. The number of esters is 1. The van der Waals surface area contributed by atoms with Gasteiger partial charge in [-0.2, -0.15) is 4.91 Å². The van der Waals surface area contributed by atoms with Crippen molar-refractivity contribution in [2.45, 2.75) is 18.9 Å². The van der Waals surface area contributed by atoms with Crippen LogP contribution in [0, 0.1) is 10.8 Å². The fourth-order valence-corrected chi connectivity index (χ4v) is 2.28. The summed E-state index contributed by atoms with van der Waals surface area (Å²) in [4.78, 5) is 22.1. The van der Waals surface area contributed by atoms with Gasteiger partial charge in [-0.25, -0.2) is 0 Å². The van der Waals surface area contributed by atoms with Gasteiger partial charge in [0.15, 0.2) is 0 Å². The summed E-state index contributed by atoms with van der Waals surface area (Å²) < 4.78 is 4.62. The van der Waals surface area contributed by atoms with Crippen LogP contribution in [0.3, 0.4) is 0 Å². The second kappa shape index (κ2) is 4.43. The Morgan fingerprint density at radius 1 is 1.50 bits per heavy atom. The van der Waals surface area contributed by atoms with Crippen LogP contribution < -0.4 is 0 Å². The van der Waals surface area contributed by atoms with Gasteiger partial charge in [0.05, 0.1) is 13.5 Å². The van der Waals surface area contributed by atoms with Gasteiger partial charge in [-0.15, -0.1) is 0 Å². The monoisotopic (exact) mass is 219 g/mol. The second-order valence-corrected chi connectivity index (χ2v) is 3.99. The summed E-state index contributed by atoms with van der Waals surface area (Å²) >= 11 is 0. The Balaban J connectivity index is 2.21. The second-order valence-electron chi connectivity index (χ2n) is 3.99. The smallest absolute Gasteiger partial charge is 0.305 e. The van der Waals surface area contributed by atoms with E-state index in [-0.39, 0.29) is 18.3 Å². The summed E-state index contributed by atoms with van der Waals surface area (Å²) in [6.07, 6.45) is 0.975. The Morgan fingerprint density at radius 2 is 2.25 bits per heavy atom. The number of hydrogen-bond acceptors (Lipinski definition) is 4. The van der Waals surface area contributed by atoms with E-state index in [1.54, 1.807) is 0 Å². The van der Waals surface area contributed by atoms with Crippen molar-refractivity contribution < 1.29 is 9.53 Å². The molecule has 4 nitrogen and oxygen atoms in total. The van der Waals surface area contributed by atoms with Gasteiger partial charge in [0.25, 0.3) is 0 Å². The first-order chi connectivity index (χ1) is 7.76. The van der Waals surface area contributed by atoms with Gasteiger partial charge in [0.1, 0.15) is 6.04 Å². The molecule has 0 N–H and O–H groups in total. The van der Waals surface area contributed by atoms with Crippen molar-refractivity contribution in [1.82, 2.24) is 0 Å². The predicted molar refractivity (Wildman–Crippen MR) is 58.8 cm³/mol. The highest BCUT2D eigenvalue weighted by Crippen LogP contribution is 2.40. The molecule has 0 aliphatic heterocycles. The third-order valence-electron chi connectivity index (χ3n) is 3.07. The Bertz CT molecular complexity index is 416. The van der Waals surface area contributed by atoms with Gasteiger partial charge in [-0.3, -0.25) is 4.79 Å². The van der Waals surface area contributed by atoms with Crippen LogP contribution in [-0.2, 0) is 16.0 Å². The molecule has 0 radical (unpaired) electrons. The van der Waals surface area contributed by atoms with Gasteiger partial charge in [-0.05, 0) is 17.5 Å². The van der Waals surface area contributed by atoms with E-state index in [1.165, 1.54) is 7.11 Å². The Kier molecular flexibility index (Phi) is 2.99. The van der Waals surface area contributed by atoms with Crippen LogP contribution >= 0.6 is 0 Å². The van der Waals surface area contributed by atoms with Crippen molar-refractivity contribution >= 4 is 5.97 Å². The zero-order valence-electron chi connectivity index (χ0n) is 9.05. The van der Waals surface area contributed by atoms with Gasteiger partial charge >= 0.3 is 5.97 Å². The number of carbonyl (C=O) groups is 1. The van der Waals surface area contributed by atoms with Gasteiger partial charge in [0, 0.05) is 5.92 Å². The standard InChI is InChI=1S/C12H13NO3/c1-16-11(14)7-9-6-8-4-2-3-5-10(8)12(9)13-15/h2-5,9,12H,6-7H2,1H3. The molecule has 4 heteroatoms. The van der Waals surface area contributed by atoms with E-state index in [4.69, 9.17) is 0 Å². The largest absolute Gasteiger partial charge is 0.469 e. The fraction of sp³-hybridized carbons (Fsp3) is 0.417. The lowest BCUT2D eigenvalue weighted by atomic mass is 9.98. The maximum Gasteiger partial charge on any atom is 0.305 e. The van der Waals surface area contributed by atoms with Gasteiger partial charge in [-0.1, -0.05) is 29.4 Å². The lowest BCUT2D eigenvalue weighted by Crippen LogP contribution is -2.13. The Morgan fingerprint density at radius 3 is 2.94 bits per heavy atom. The maximum absolute atomic E-state index is 11.2. The third kappa shape index (κ3) is 1.83. The van der Waals surface area contributed by atoms with E-state index >= 15 is 0 Å². The molecule has 0 saturated heterocycles. The van der Waals surface area contributed by atoms with Crippen LogP contribution in [-0.4, -0.2) is 13.1 Å². The summed E-state index contributed by atoms with van der Waals surface area (Å²) in [5.74, 6) is -0.339. The topological polar surface area (TPSA) is 55.7 Å². The Labute approximate surface area is 93.6 Å². The zero-order valence-corrected chi connectivity index (χ0v) is 9.05. The molecule has 0 heterocycles. The van der Waals surface area contributed by atoms with Crippen molar-refractivity contribution in [1.29, 1.82) is 0 Å². The first-order valence-corrected chi connectivity index (χ1v) is 5.23. The average molecular weight is 219 g/mol. The molecule has 1 aliphatic rings. The molecule has 0 spiro atoms. The highest BCUT2D eigenvalue weighted by molar-refractivity contribution is 5.70. The lowest BCUT2D eigenvalue weighted by Gasteiger charge is -2.11. The van der Waals surface area contributed by atoms with Crippen molar-refractivity contribution in [3.05, 3.63) is 40.3 Å². The molecule has 0 fully saturated rings. The maximum atomic E-state index is 11.2. The van der Waals surface area contributed by atoms with Crippen molar-refractivity contribution in [2.24, 2.45) is 11.1 Å². The molecule has 2 unspecified atom stereocenters. The molecule has 16 heavy (non-hydrogen) atoms. The van der Waals surface area contributed by atoms with Crippen LogP contribution in [0.2, 0.25) is 0 Å². The first kappa shape index (κ1) is 10.8. The summed E-state index contributed by atoms with van der Waals surface area (Å²) in [5.41, 5.74) is 2.06. The molecule has 2 atom stereocenters. The van der Waals surface area contributed by atoms with Gasteiger partial charge < -0.3 is 4.74 Å². The van der Waals surface area contributed by atoms with Crippen LogP contribution in [0.15, 0.2) is 29.4 Å². The van der Waals surface area contributed by atoms with Crippen LogP contribution in [0.5, 0.6) is 0 Å². The fourth-order valence-electron chi connectivity index (χ4n) is 2.28. The van der Waals surface area contributed by atoms with Crippen molar-refractivity contribution in [2.75, 3.05) is 7.11 Å². The van der Waals surface area contributed by atoms with E-state index in [1.807, 2.05) is 24.3 Å². The summed E-state index contributed by atoms with van der Waals surface area (Å²) in [7, 11) is 1.35. The van der Waals surface area contributed by atoms with E-state index in [2.05, 4.69) is 9.91 Å². The van der Waals surface area contributed by atoms with Crippen molar-refractivity contribution in [3.63, 3.8) is 0 Å². The number of rotatable bonds is 3. The Hall–Kier alpha value is -1.71. The number of nitrogens with zero attached hydrogens (tertiary/aromatic N) is 1. The van der Waals surface area contributed by atoms with E-state index in [0.29, 0.717) is 0 Å². The number of hydrogen-bond donors (Lipinski definition) is 0. The highest BCUT2D eigenvalue weighted by atomic mass is 16.5. The normalized spacial score (nSPS) is 22.6. The molecule has 1 aromatic carbocycles. The van der Waals surface area contributed by atoms with E-state index in [0.717, 1.165) is 17.5 Å². The predicted octanol–water partition coefficient (Wildman–Crippen LogP) is 2.23. The minimum absolute atomic E-state index is 0.0534. The zero-order chi connectivity index (χ0) is 11.5. The molecule has 84 valence electrons. The van der Waals surface area contributed by atoms with Crippen molar-refractivity contribution in [3.8, 4) is 0 Å². The van der Waals surface area contributed by atoms with Crippen LogP contribution in [0.1, 0.15) is 23.6 Å². The molecule has 2 rings (SSSR count). The quantitative estimate of drug-likeness (QED) is 0.578.